The molecule has 1 aromatic heterocycles. The van der Waals surface area contributed by atoms with Crippen LogP contribution in [0.3, 0.4) is 0 Å². The number of anilines is 2. The number of morpholine rings is 1. The van der Waals surface area contributed by atoms with Gasteiger partial charge in [0, 0.05) is 24.7 Å². The van der Waals surface area contributed by atoms with Crippen LogP contribution in [0.5, 0.6) is 5.75 Å². The second-order valence-electron chi connectivity index (χ2n) is 11.6. The summed E-state index contributed by atoms with van der Waals surface area (Å²) in [6.07, 6.45) is -3.10. The maximum Gasteiger partial charge on any atom is 0.416 e. The molecule has 2 saturated heterocycles. The average Bonchev–Trinajstić information content (AvgIpc) is 3.81. The van der Waals surface area contributed by atoms with Gasteiger partial charge in [0.05, 0.1) is 35.9 Å². The molecule has 2 atom stereocenters. The summed E-state index contributed by atoms with van der Waals surface area (Å²) in [4.78, 5) is 14.5. The number of nitrogens with zero attached hydrogens (tertiary/aromatic N) is 3. The molecule has 1 N–H and O–H groups in total. The summed E-state index contributed by atoms with van der Waals surface area (Å²) < 4.78 is 103. The van der Waals surface area contributed by atoms with E-state index in [0.29, 0.717) is 16.9 Å². The molecule has 1 amide bonds. The van der Waals surface area contributed by atoms with Gasteiger partial charge < -0.3 is 18.9 Å². The summed E-state index contributed by atoms with van der Waals surface area (Å²) in [6.45, 7) is -0.514. The van der Waals surface area contributed by atoms with Crippen molar-refractivity contribution in [2.75, 3.05) is 36.4 Å². The molecule has 3 heterocycles. The van der Waals surface area contributed by atoms with Crippen molar-refractivity contribution in [1.29, 1.82) is 0 Å². The minimum absolute atomic E-state index is 0.000135. The molecule has 0 radical (unpaired) electrons. The lowest BCUT2D eigenvalue weighted by molar-refractivity contribution is -0.137. The van der Waals surface area contributed by atoms with Crippen LogP contribution in [0.1, 0.15) is 36.3 Å². The van der Waals surface area contributed by atoms with Gasteiger partial charge in [0.15, 0.2) is 11.4 Å². The Hall–Kier alpha value is -4.21. The van der Waals surface area contributed by atoms with Gasteiger partial charge in [-0.05, 0) is 66.6 Å². The van der Waals surface area contributed by atoms with E-state index in [0.717, 1.165) is 36.6 Å². The number of nitrogens with one attached hydrogen (secondary N) is 1. The van der Waals surface area contributed by atoms with E-state index in [4.69, 9.17) is 14.0 Å². The highest BCUT2D eigenvalue weighted by molar-refractivity contribution is 7.90. The minimum Gasteiger partial charge on any atom is -0.495 e. The number of aromatic nitrogens is 1. The number of methoxy groups -OCH3 is 1. The number of hydrogen-bond donors (Lipinski definition) is 1. The highest BCUT2D eigenvalue weighted by Gasteiger charge is 2.45. The summed E-state index contributed by atoms with van der Waals surface area (Å²) in [7, 11) is -2.82. The normalized spacial score (nSPS) is 21.0. The molecule has 15 heteroatoms. The Balaban J connectivity index is 1.13. The third kappa shape index (κ3) is 5.56. The van der Waals surface area contributed by atoms with Crippen LogP contribution in [-0.2, 0) is 25.9 Å². The lowest BCUT2D eigenvalue weighted by Gasteiger charge is -2.46. The fourth-order valence-corrected chi connectivity index (χ4v) is 7.37. The van der Waals surface area contributed by atoms with Crippen molar-refractivity contribution in [3.63, 3.8) is 0 Å². The molecule has 4 aromatic rings. The largest absolute Gasteiger partial charge is 0.495 e. The predicted octanol–water partition coefficient (Wildman–Crippen LogP) is 5.70. The molecular weight excluding hydrogens is 632 g/mol. The molecule has 1 saturated carbocycles. The number of ether oxygens (including phenoxy) is 2. The predicted molar refractivity (Wildman–Crippen MR) is 159 cm³/mol. The zero-order chi connectivity index (χ0) is 32.4. The first-order valence-corrected chi connectivity index (χ1v) is 16.0. The molecule has 2 aliphatic heterocycles. The molecule has 3 aromatic carbocycles. The van der Waals surface area contributed by atoms with Crippen LogP contribution >= 0.6 is 0 Å². The van der Waals surface area contributed by atoms with Gasteiger partial charge in [0.25, 0.3) is 5.91 Å². The van der Waals surface area contributed by atoms with Gasteiger partial charge in [-0.15, -0.1) is 0 Å². The Kier molecular flexibility index (Phi) is 7.44. The van der Waals surface area contributed by atoms with Gasteiger partial charge >= 0.3 is 16.4 Å². The van der Waals surface area contributed by atoms with Crippen LogP contribution in [0.25, 0.3) is 22.1 Å². The summed E-state index contributed by atoms with van der Waals surface area (Å²) >= 11 is 0. The first kappa shape index (κ1) is 30.4. The van der Waals surface area contributed by atoms with Gasteiger partial charge in [-0.1, -0.05) is 23.4 Å². The number of carbonyl (C=O) groups is 1. The molecule has 10 nitrogen and oxygen atoms in total. The molecule has 46 heavy (non-hydrogen) atoms. The van der Waals surface area contributed by atoms with Gasteiger partial charge in [0.1, 0.15) is 18.2 Å². The molecule has 0 bridgehead atoms. The number of alkyl halides is 3. The van der Waals surface area contributed by atoms with Crippen molar-refractivity contribution in [3.8, 4) is 16.9 Å². The SMILES string of the molecule is COc1cc(-c2cccc(C(F)(F)F)c2)c(F)cc1N1C(=O)CO[C@@H]2CN(S(=O)(=O)Nc3noc4ccc(C5CC5)cc34)CC[C@H]21. The Morgan fingerprint density at radius 3 is 2.61 bits per heavy atom. The fourth-order valence-electron chi connectivity index (χ4n) is 6.17. The van der Waals surface area contributed by atoms with Gasteiger partial charge in [-0.3, -0.25) is 9.52 Å². The Morgan fingerprint density at radius 2 is 1.87 bits per heavy atom. The number of hydrogen-bond acceptors (Lipinski definition) is 7. The number of carbonyl (C=O) groups excluding carboxylic acids is 1. The second kappa shape index (κ2) is 11.2. The third-order valence-electron chi connectivity index (χ3n) is 8.65. The molecule has 7 rings (SSSR count). The van der Waals surface area contributed by atoms with E-state index in [1.807, 2.05) is 12.1 Å². The van der Waals surface area contributed by atoms with Crippen molar-refractivity contribution >= 4 is 38.6 Å². The van der Waals surface area contributed by atoms with Crippen molar-refractivity contribution in [2.24, 2.45) is 0 Å². The number of amides is 1. The van der Waals surface area contributed by atoms with Crippen molar-refractivity contribution in [1.82, 2.24) is 9.46 Å². The van der Waals surface area contributed by atoms with Crippen LogP contribution in [0.2, 0.25) is 0 Å². The molecule has 3 aliphatic rings. The molecule has 3 fully saturated rings. The fraction of sp³-hybridized carbons (Fsp3) is 0.355. The molecule has 242 valence electrons. The van der Waals surface area contributed by atoms with E-state index in [1.165, 1.54) is 34.5 Å². The van der Waals surface area contributed by atoms with Gasteiger partial charge in [-0.2, -0.15) is 25.9 Å². The van der Waals surface area contributed by atoms with Crippen molar-refractivity contribution < 1.29 is 44.8 Å². The summed E-state index contributed by atoms with van der Waals surface area (Å²) in [5.74, 6) is -0.786. The topological polar surface area (TPSA) is 114 Å². The zero-order valence-corrected chi connectivity index (χ0v) is 25.2. The smallest absolute Gasteiger partial charge is 0.416 e. The first-order chi connectivity index (χ1) is 21.9. The summed E-state index contributed by atoms with van der Waals surface area (Å²) in [5.41, 5.74) is 0.514. The maximum atomic E-state index is 15.6. The van der Waals surface area contributed by atoms with Crippen LogP contribution in [0.4, 0.5) is 29.1 Å². The zero-order valence-electron chi connectivity index (χ0n) is 24.4. The van der Waals surface area contributed by atoms with E-state index in [9.17, 15) is 26.4 Å². The van der Waals surface area contributed by atoms with E-state index in [2.05, 4.69) is 9.88 Å². The highest BCUT2D eigenvalue weighted by atomic mass is 32.2. The quantitative estimate of drug-likeness (QED) is 0.253. The van der Waals surface area contributed by atoms with Crippen LogP contribution in [0.15, 0.2) is 59.1 Å². The second-order valence-corrected chi connectivity index (χ2v) is 13.2. The number of halogens is 4. The van der Waals surface area contributed by atoms with Crippen LogP contribution in [-0.4, -0.2) is 62.7 Å². The van der Waals surface area contributed by atoms with Crippen molar-refractivity contribution in [3.05, 3.63) is 71.5 Å². The van der Waals surface area contributed by atoms with E-state index < -0.39 is 52.4 Å². The van der Waals surface area contributed by atoms with Crippen LogP contribution in [0, 0.1) is 5.82 Å². The molecule has 0 spiro atoms. The van der Waals surface area contributed by atoms with E-state index in [-0.39, 0.29) is 47.9 Å². The number of fused-ring (bicyclic) bond motifs is 2. The molecule has 1 aliphatic carbocycles. The Morgan fingerprint density at radius 1 is 1.07 bits per heavy atom. The number of piperidine rings is 1. The standard InChI is InChI=1S/C31H28F4N4O6S/c1-43-27-13-21(19-3-2-4-20(11-19)31(33,34)35)23(32)14-25(27)39-24-9-10-38(15-28(24)44-16-29(39)40)46(41,42)37-30-22-12-18(17-5-6-17)7-8-26(22)45-36-30/h2-4,7-8,11-14,17,24,28H,5-6,9-10,15-16H2,1H3,(H,36,37)/t24-,28-/m1/s1. The van der Waals surface area contributed by atoms with Gasteiger partial charge in [0.2, 0.25) is 0 Å². The van der Waals surface area contributed by atoms with Crippen LogP contribution < -0.4 is 14.4 Å². The monoisotopic (exact) mass is 660 g/mol. The Labute approximate surface area is 261 Å². The minimum atomic E-state index is -4.62. The number of rotatable bonds is 7. The lowest BCUT2D eigenvalue weighted by atomic mass is 9.97. The average molecular weight is 661 g/mol. The highest BCUT2D eigenvalue weighted by Crippen LogP contribution is 2.43. The summed E-state index contributed by atoms with van der Waals surface area (Å²) in [6, 6.07) is 11.5. The summed E-state index contributed by atoms with van der Waals surface area (Å²) in [5, 5.41) is 4.48. The maximum absolute atomic E-state index is 15.6. The Bertz CT molecular complexity index is 1940. The molecular formula is C31H28F4N4O6S. The number of benzene rings is 3. The molecule has 0 unspecified atom stereocenters. The van der Waals surface area contributed by atoms with E-state index in [1.54, 1.807) is 6.07 Å². The van der Waals surface area contributed by atoms with E-state index >= 15 is 4.39 Å². The first-order valence-electron chi connectivity index (χ1n) is 14.6. The van der Waals surface area contributed by atoms with Gasteiger partial charge in [-0.25, -0.2) is 4.39 Å². The van der Waals surface area contributed by atoms with Crippen molar-refractivity contribution in [2.45, 2.75) is 43.5 Å². The lowest BCUT2D eigenvalue weighted by Crippen LogP contribution is -2.62. The third-order valence-corrected chi connectivity index (χ3v) is 10.1.